The minimum Gasteiger partial charge on any atom is -0.311 e. The van der Waals surface area contributed by atoms with Gasteiger partial charge in [0.25, 0.3) is 0 Å². The number of rotatable bonds is 8. The molecule has 296 valence electrons. The zero-order valence-corrected chi connectivity index (χ0v) is 36.0. The van der Waals surface area contributed by atoms with Crippen LogP contribution in [0.2, 0.25) is 0 Å². The molecule has 0 heterocycles. The number of benzene rings is 8. The van der Waals surface area contributed by atoms with Crippen LogP contribution in [0.1, 0.15) is 75.3 Å². The van der Waals surface area contributed by atoms with Gasteiger partial charge >= 0.3 is 0 Å². The van der Waals surface area contributed by atoms with Gasteiger partial charge in [-0.25, -0.2) is 0 Å². The maximum atomic E-state index is 2.39. The van der Waals surface area contributed by atoms with Crippen molar-refractivity contribution in [1.29, 1.82) is 0 Å². The summed E-state index contributed by atoms with van der Waals surface area (Å²) < 4.78 is 0. The van der Waals surface area contributed by atoms with Crippen molar-refractivity contribution >= 4 is 34.1 Å². The van der Waals surface area contributed by atoms with E-state index >= 15 is 0 Å². The summed E-state index contributed by atoms with van der Waals surface area (Å²) in [5.74, 6) is 0.251. The van der Waals surface area contributed by atoms with Crippen LogP contribution in [0.25, 0.3) is 22.3 Å². The van der Waals surface area contributed by atoms with Crippen molar-refractivity contribution in [3.8, 4) is 22.3 Å². The van der Waals surface area contributed by atoms with Gasteiger partial charge in [-0.3, -0.25) is 0 Å². The van der Waals surface area contributed by atoms with Crippen molar-refractivity contribution in [1.82, 2.24) is 0 Å². The van der Waals surface area contributed by atoms with E-state index in [9.17, 15) is 0 Å². The lowest BCUT2D eigenvalue weighted by molar-refractivity contribution is 1.01. The van der Waals surface area contributed by atoms with Gasteiger partial charge in [-0.1, -0.05) is 174 Å². The van der Waals surface area contributed by atoms with Gasteiger partial charge in [0.2, 0.25) is 0 Å². The molecule has 8 aromatic carbocycles. The van der Waals surface area contributed by atoms with Crippen LogP contribution in [-0.2, 0) is 0 Å². The number of anilines is 6. The summed E-state index contributed by atoms with van der Waals surface area (Å²) in [5.41, 5.74) is 18.4. The highest BCUT2D eigenvalue weighted by molar-refractivity contribution is 5.86. The molecule has 0 amide bonds. The van der Waals surface area contributed by atoms with E-state index in [1.165, 1.54) is 50.1 Å². The predicted octanol–water partition coefficient (Wildman–Crippen LogP) is 17.1. The molecule has 0 saturated heterocycles. The molecular formula is C57H58N2. The molecule has 0 fully saturated rings. The van der Waals surface area contributed by atoms with E-state index in [0.717, 1.165) is 34.1 Å². The number of aryl methyl sites for hydroxylation is 2. The van der Waals surface area contributed by atoms with Crippen LogP contribution < -0.4 is 9.80 Å². The molecule has 0 bridgehead atoms. The van der Waals surface area contributed by atoms with Gasteiger partial charge in [-0.15, -0.1) is 0 Å². The van der Waals surface area contributed by atoms with Gasteiger partial charge in [-0.05, 0) is 132 Å². The van der Waals surface area contributed by atoms with Gasteiger partial charge in [0.05, 0.1) is 0 Å². The second-order valence-electron chi connectivity index (χ2n) is 14.0. The second-order valence-corrected chi connectivity index (χ2v) is 14.0. The first kappa shape index (κ1) is 42.0. The summed E-state index contributed by atoms with van der Waals surface area (Å²) in [5, 5.41) is 0. The molecular weight excluding hydrogens is 713 g/mol. The molecule has 8 aromatic rings. The van der Waals surface area contributed by atoms with Crippen LogP contribution in [0.4, 0.5) is 34.1 Å². The van der Waals surface area contributed by atoms with Gasteiger partial charge in [0.15, 0.2) is 0 Å². The molecule has 1 aliphatic carbocycles. The van der Waals surface area contributed by atoms with E-state index in [-0.39, 0.29) is 5.92 Å². The SMILES string of the molecule is CC.CC.CC.Cc1ccc(N(c2ccccc2)c2ccc(N(c3ccccc3)c3ccc(-c4ccc5c(c4)-c4cc(C)ccc4C5c4ccccc4)cc3)cc2)cc1. The van der Waals surface area contributed by atoms with Crippen LogP contribution in [0.5, 0.6) is 0 Å². The first-order valence-corrected chi connectivity index (χ1v) is 21.4. The van der Waals surface area contributed by atoms with Gasteiger partial charge < -0.3 is 9.80 Å². The summed E-state index contributed by atoms with van der Waals surface area (Å²) in [6.07, 6.45) is 0. The van der Waals surface area contributed by atoms with Crippen molar-refractivity contribution in [3.63, 3.8) is 0 Å². The van der Waals surface area contributed by atoms with Crippen LogP contribution in [0.15, 0.2) is 200 Å². The number of fused-ring (bicyclic) bond motifs is 3. The third-order valence-corrected chi connectivity index (χ3v) is 10.5. The van der Waals surface area contributed by atoms with Crippen LogP contribution in [0, 0.1) is 13.8 Å². The Labute approximate surface area is 354 Å². The van der Waals surface area contributed by atoms with E-state index in [1.54, 1.807) is 0 Å². The molecule has 59 heavy (non-hydrogen) atoms. The molecule has 0 aromatic heterocycles. The number of nitrogens with zero attached hydrogens (tertiary/aromatic N) is 2. The van der Waals surface area contributed by atoms with Gasteiger partial charge in [-0.2, -0.15) is 0 Å². The van der Waals surface area contributed by atoms with E-state index < -0.39 is 0 Å². The molecule has 0 aliphatic heterocycles. The van der Waals surface area contributed by atoms with Gasteiger partial charge in [0.1, 0.15) is 0 Å². The number of hydrogen-bond donors (Lipinski definition) is 0. The number of hydrogen-bond acceptors (Lipinski definition) is 2. The van der Waals surface area contributed by atoms with Crippen molar-refractivity contribution in [2.24, 2.45) is 0 Å². The average Bonchev–Trinajstić information content (AvgIpc) is 3.63. The Morgan fingerprint density at radius 2 is 0.644 bits per heavy atom. The minimum atomic E-state index is 0.251. The zero-order valence-electron chi connectivity index (χ0n) is 36.0. The maximum Gasteiger partial charge on any atom is 0.0463 e. The summed E-state index contributed by atoms with van der Waals surface area (Å²) in [7, 11) is 0. The van der Waals surface area contributed by atoms with Crippen molar-refractivity contribution in [3.05, 3.63) is 228 Å². The molecule has 0 spiro atoms. The van der Waals surface area contributed by atoms with E-state index in [0.29, 0.717) is 0 Å². The molecule has 9 rings (SSSR count). The third kappa shape index (κ3) is 9.09. The van der Waals surface area contributed by atoms with Gasteiger partial charge in [0, 0.05) is 40.0 Å². The van der Waals surface area contributed by atoms with Crippen LogP contribution in [-0.4, -0.2) is 0 Å². The average molecular weight is 771 g/mol. The summed E-state index contributed by atoms with van der Waals surface area (Å²) in [6.45, 7) is 16.3. The maximum absolute atomic E-state index is 2.39. The first-order chi connectivity index (χ1) is 29.1. The van der Waals surface area contributed by atoms with Crippen molar-refractivity contribution in [2.75, 3.05) is 9.80 Å². The molecule has 2 nitrogen and oxygen atoms in total. The molecule has 0 N–H and O–H groups in total. The molecule has 2 heteroatoms. The minimum absolute atomic E-state index is 0.251. The standard InChI is InChI=1S/C51H40N2.3C2H6/c1-36-18-24-43(25-19-36)52(41-14-8-4-9-15-41)45-28-30-46(31-29-45)53(42-16-10-5-11-17-42)44-26-21-38(22-27-44)40-23-33-48-50(35-40)49-34-37(2)20-32-47(49)51(48)39-12-6-3-7-13-39;3*1-2/h3-35,51H,1-2H3;3*1-2H3. The highest BCUT2D eigenvalue weighted by Crippen LogP contribution is 2.49. The third-order valence-electron chi connectivity index (χ3n) is 10.5. The lowest BCUT2D eigenvalue weighted by Crippen LogP contribution is -2.12. The molecule has 0 radical (unpaired) electrons. The largest absolute Gasteiger partial charge is 0.311 e. The number of para-hydroxylation sites is 2. The fraction of sp³-hybridized carbons (Fsp3) is 0.158. The zero-order chi connectivity index (χ0) is 41.7. The highest BCUT2D eigenvalue weighted by Gasteiger charge is 2.30. The second kappa shape index (κ2) is 20.2. The Kier molecular flexibility index (Phi) is 14.4. The highest BCUT2D eigenvalue weighted by atomic mass is 15.2. The Hall–Kier alpha value is -6.64. The normalized spacial score (nSPS) is 11.9. The quantitative estimate of drug-likeness (QED) is 0.152. The Bertz CT molecular complexity index is 2490. The van der Waals surface area contributed by atoms with Crippen molar-refractivity contribution in [2.45, 2.75) is 61.3 Å². The lowest BCUT2D eigenvalue weighted by Gasteiger charge is -2.28. The molecule has 1 unspecified atom stereocenters. The fourth-order valence-corrected chi connectivity index (χ4v) is 7.84. The molecule has 1 aliphatic rings. The smallest absolute Gasteiger partial charge is 0.0463 e. The first-order valence-electron chi connectivity index (χ1n) is 21.4. The van der Waals surface area contributed by atoms with Crippen molar-refractivity contribution < 1.29 is 0 Å². The summed E-state index contributed by atoms with van der Waals surface area (Å²) >= 11 is 0. The summed E-state index contributed by atoms with van der Waals surface area (Å²) in [6, 6.07) is 72.7. The Balaban J connectivity index is 0.000000934. The Morgan fingerprint density at radius 3 is 1.12 bits per heavy atom. The fourth-order valence-electron chi connectivity index (χ4n) is 7.84. The topological polar surface area (TPSA) is 6.48 Å². The molecule has 0 saturated carbocycles. The Morgan fingerprint density at radius 1 is 0.305 bits per heavy atom. The molecule has 1 atom stereocenters. The predicted molar refractivity (Wildman–Crippen MR) is 258 cm³/mol. The van der Waals surface area contributed by atoms with E-state index in [4.69, 9.17) is 0 Å². The van der Waals surface area contributed by atoms with Crippen LogP contribution >= 0.6 is 0 Å². The lowest BCUT2D eigenvalue weighted by atomic mass is 9.89. The monoisotopic (exact) mass is 770 g/mol. The van der Waals surface area contributed by atoms with E-state index in [2.05, 4.69) is 224 Å². The van der Waals surface area contributed by atoms with Crippen LogP contribution in [0.3, 0.4) is 0 Å². The summed E-state index contributed by atoms with van der Waals surface area (Å²) in [4.78, 5) is 4.64. The van der Waals surface area contributed by atoms with E-state index in [1.807, 2.05) is 41.5 Å².